The van der Waals surface area contributed by atoms with E-state index in [1.807, 2.05) is 36.4 Å². The molecule has 1 N–H and O–H groups in total. The summed E-state index contributed by atoms with van der Waals surface area (Å²) in [7, 11) is 0. The van der Waals surface area contributed by atoms with E-state index in [-0.39, 0.29) is 5.91 Å². The highest BCUT2D eigenvalue weighted by Gasteiger charge is 2.39. The van der Waals surface area contributed by atoms with Crippen LogP contribution in [0.15, 0.2) is 48.7 Å². The van der Waals surface area contributed by atoms with Gasteiger partial charge in [-0.05, 0) is 30.5 Å². The first-order chi connectivity index (χ1) is 11.2. The number of nitriles is 1. The number of nitrogens with zero attached hydrogens (tertiary/aromatic N) is 2. The van der Waals surface area contributed by atoms with Gasteiger partial charge in [0.2, 0.25) is 5.91 Å². The fraction of sp³-hybridized carbons (Fsp3) is 0.316. The first-order valence-electron chi connectivity index (χ1n) is 7.98. The summed E-state index contributed by atoms with van der Waals surface area (Å²) in [5, 5.41) is 12.3. The van der Waals surface area contributed by atoms with Crippen molar-refractivity contribution in [2.45, 2.75) is 32.1 Å². The van der Waals surface area contributed by atoms with Crippen molar-refractivity contribution in [1.82, 2.24) is 4.98 Å². The van der Waals surface area contributed by atoms with Gasteiger partial charge >= 0.3 is 0 Å². The summed E-state index contributed by atoms with van der Waals surface area (Å²) >= 11 is 0. The van der Waals surface area contributed by atoms with E-state index >= 15 is 0 Å². The molecule has 0 spiro atoms. The second kappa shape index (κ2) is 6.62. The van der Waals surface area contributed by atoms with Crippen molar-refractivity contribution < 1.29 is 4.79 Å². The molecule has 1 aromatic carbocycles. The SMILES string of the molecule is N#CC1(C(=O)Nc2ccc(-c3ccccc3)cn2)CCCCC1. The molecule has 1 heterocycles. The molecular weight excluding hydrogens is 286 g/mol. The van der Waals surface area contributed by atoms with E-state index < -0.39 is 5.41 Å². The summed E-state index contributed by atoms with van der Waals surface area (Å²) in [6, 6.07) is 15.9. The third kappa shape index (κ3) is 3.24. The van der Waals surface area contributed by atoms with Crippen molar-refractivity contribution >= 4 is 11.7 Å². The standard InChI is InChI=1S/C19H19N3O/c20-14-19(11-5-2-6-12-19)18(23)22-17-10-9-16(13-21-17)15-7-3-1-4-8-15/h1,3-4,7-10,13H,2,5-6,11-12H2,(H,21,22,23). The number of carbonyl (C=O) groups is 1. The zero-order chi connectivity index (χ0) is 16.1. The largest absolute Gasteiger partial charge is 0.309 e. The fourth-order valence-corrected chi connectivity index (χ4v) is 3.05. The van der Waals surface area contributed by atoms with Gasteiger partial charge < -0.3 is 5.32 Å². The molecule has 1 aliphatic rings. The molecule has 2 aromatic rings. The normalized spacial score (nSPS) is 16.3. The Morgan fingerprint density at radius 1 is 1.04 bits per heavy atom. The van der Waals surface area contributed by atoms with Crippen LogP contribution in [0.3, 0.4) is 0 Å². The van der Waals surface area contributed by atoms with Crippen molar-refractivity contribution in [3.63, 3.8) is 0 Å². The first kappa shape index (κ1) is 15.2. The monoisotopic (exact) mass is 305 g/mol. The molecule has 116 valence electrons. The smallest absolute Gasteiger partial charge is 0.246 e. The van der Waals surface area contributed by atoms with Crippen molar-refractivity contribution in [1.29, 1.82) is 5.26 Å². The molecule has 1 aromatic heterocycles. The van der Waals surface area contributed by atoms with E-state index in [1.54, 1.807) is 12.3 Å². The molecule has 1 saturated carbocycles. The lowest BCUT2D eigenvalue weighted by atomic mass is 9.74. The Kier molecular flexibility index (Phi) is 4.38. The molecule has 4 nitrogen and oxygen atoms in total. The highest BCUT2D eigenvalue weighted by Crippen LogP contribution is 2.36. The van der Waals surface area contributed by atoms with Crippen LogP contribution in [0, 0.1) is 16.7 Å². The lowest BCUT2D eigenvalue weighted by Gasteiger charge is -2.28. The molecule has 0 saturated heterocycles. The number of hydrogen-bond donors (Lipinski definition) is 1. The van der Waals surface area contributed by atoms with Gasteiger partial charge in [-0.15, -0.1) is 0 Å². The van der Waals surface area contributed by atoms with Crippen LogP contribution in [0.5, 0.6) is 0 Å². The van der Waals surface area contributed by atoms with Crippen LogP contribution < -0.4 is 5.32 Å². The maximum atomic E-state index is 12.5. The van der Waals surface area contributed by atoms with Crippen LogP contribution in [0.25, 0.3) is 11.1 Å². The third-order valence-corrected chi connectivity index (χ3v) is 4.47. The number of carbonyl (C=O) groups excluding carboxylic acids is 1. The highest BCUT2D eigenvalue weighted by atomic mass is 16.2. The van der Waals surface area contributed by atoms with Crippen LogP contribution in [-0.4, -0.2) is 10.9 Å². The number of hydrogen-bond acceptors (Lipinski definition) is 3. The van der Waals surface area contributed by atoms with Crippen molar-refractivity contribution in [2.24, 2.45) is 5.41 Å². The molecular formula is C19H19N3O. The lowest BCUT2D eigenvalue weighted by Crippen LogP contribution is -2.37. The number of rotatable bonds is 3. The minimum atomic E-state index is -0.891. The molecule has 0 aliphatic heterocycles. The molecule has 4 heteroatoms. The average molecular weight is 305 g/mol. The zero-order valence-corrected chi connectivity index (χ0v) is 13.0. The molecule has 0 atom stereocenters. The third-order valence-electron chi connectivity index (χ3n) is 4.47. The predicted molar refractivity (Wildman–Crippen MR) is 89.4 cm³/mol. The summed E-state index contributed by atoms with van der Waals surface area (Å²) in [5.74, 6) is 0.273. The Labute approximate surface area is 136 Å². The number of aromatic nitrogens is 1. The Bertz CT molecular complexity index is 711. The molecule has 0 bridgehead atoms. The molecule has 0 unspecified atom stereocenters. The van der Waals surface area contributed by atoms with Crippen molar-refractivity contribution in [3.05, 3.63) is 48.7 Å². The summed E-state index contributed by atoms with van der Waals surface area (Å²) in [6.45, 7) is 0. The Morgan fingerprint density at radius 3 is 2.39 bits per heavy atom. The van der Waals surface area contributed by atoms with Gasteiger partial charge in [-0.2, -0.15) is 5.26 Å². The topological polar surface area (TPSA) is 65.8 Å². The minimum Gasteiger partial charge on any atom is -0.309 e. The van der Waals surface area contributed by atoms with E-state index in [2.05, 4.69) is 16.4 Å². The Hall–Kier alpha value is -2.67. The van der Waals surface area contributed by atoms with Crippen LogP contribution in [-0.2, 0) is 4.79 Å². The number of pyridine rings is 1. The number of amides is 1. The number of benzene rings is 1. The van der Waals surface area contributed by atoms with E-state index in [4.69, 9.17) is 0 Å². The van der Waals surface area contributed by atoms with Gasteiger partial charge in [-0.3, -0.25) is 4.79 Å². The highest BCUT2D eigenvalue weighted by molar-refractivity contribution is 5.96. The number of anilines is 1. The quantitative estimate of drug-likeness (QED) is 0.926. The maximum absolute atomic E-state index is 12.5. The predicted octanol–water partition coefficient (Wildman–Crippen LogP) is 4.16. The van der Waals surface area contributed by atoms with Gasteiger partial charge in [0.05, 0.1) is 6.07 Å². The van der Waals surface area contributed by atoms with Gasteiger partial charge in [0, 0.05) is 11.8 Å². The molecule has 1 amide bonds. The second-order valence-electron chi connectivity index (χ2n) is 6.01. The average Bonchev–Trinajstić information content (AvgIpc) is 2.63. The second-order valence-corrected chi connectivity index (χ2v) is 6.01. The molecule has 0 radical (unpaired) electrons. The van der Waals surface area contributed by atoms with Crippen LogP contribution >= 0.6 is 0 Å². The lowest BCUT2D eigenvalue weighted by molar-refractivity contribution is -0.124. The van der Waals surface area contributed by atoms with Crippen LogP contribution in [0.2, 0.25) is 0 Å². The van der Waals surface area contributed by atoms with E-state index in [0.29, 0.717) is 18.7 Å². The maximum Gasteiger partial charge on any atom is 0.246 e. The van der Waals surface area contributed by atoms with Gasteiger partial charge in [0.15, 0.2) is 0 Å². The molecule has 3 rings (SSSR count). The summed E-state index contributed by atoms with van der Waals surface area (Å²) in [4.78, 5) is 16.8. The first-order valence-corrected chi connectivity index (χ1v) is 7.98. The van der Waals surface area contributed by atoms with Crippen LogP contribution in [0.1, 0.15) is 32.1 Å². The van der Waals surface area contributed by atoms with Gasteiger partial charge in [-0.25, -0.2) is 4.98 Å². The van der Waals surface area contributed by atoms with Gasteiger partial charge in [0.25, 0.3) is 0 Å². The van der Waals surface area contributed by atoms with Gasteiger partial charge in [-0.1, -0.05) is 49.6 Å². The summed E-state index contributed by atoms with van der Waals surface area (Å²) in [6.07, 6.45) is 5.98. The zero-order valence-electron chi connectivity index (χ0n) is 13.0. The number of nitrogens with one attached hydrogen (secondary N) is 1. The summed E-state index contributed by atoms with van der Waals surface area (Å²) < 4.78 is 0. The Balaban J connectivity index is 1.73. The Morgan fingerprint density at radius 2 is 1.78 bits per heavy atom. The molecule has 1 aliphatic carbocycles. The van der Waals surface area contributed by atoms with Crippen LogP contribution in [0.4, 0.5) is 5.82 Å². The minimum absolute atomic E-state index is 0.223. The molecule has 23 heavy (non-hydrogen) atoms. The fourth-order valence-electron chi connectivity index (χ4n) is 3.05. The van der Waals surface area contributed by atoms with E-state index in [1.165, 1.54) is 0 Å². The van der Waals surface area contributed by atoms with Gasteiger partial charge in [0.1, 0.15) is 11.2 Å². The molecule has 1 fully saturated rings. The van der Waals surface area contributed by atoms with Crippen molar-refractivity contribution in [3.8, 4) is 17.2 Å². The van der Waals surface area contributed by atoms with Crippen molar-refractivity contribution in [2.75, 3.05) is 5.32 Å². The van der Waals surface area contributed by atoms with E-state index in [0.717, 1.165) is 30.4 Å². The van der Waals surface area contributed by atoms with E-state index in [9.17, 15) is 10.1 Å². The summed E-state index contributed by atoms with van der Waals surface area (Å²) in [5.41, 5.74) is 1.19.